The molecule has 1 N–H and O–H groups in total. The monoisotopic (exact) mass is 293 g/mol. The Balaban J connectivity index is 2.15. The predicted molar refractivity (Wildman–Crippen MR) is 84.8 cm³/mol. The van der Waals surface area contributed by atoms with E-state index in [1.54, 1.807) is 12.3 Å². The van der Waals surface area contributed by atoms with Crippen LogP contribution >= 0.6 is 0 Å². The predicted octanol–water partition coefficient (Wildman–Crippen LogP) is 1.66. The Labute approximate surface area is 126 Å². The van der Waals surface area contributed by atoms with Crippen molar-refractivity contribution >= 4 is 0 Å². The van der Waals surface area contributed by atoms with Gasteiger partial charge in [-0.05, 0) is 19.9 Å². The van der Waals surface area contributed by atoms with Gasteiger partial charge in [0.25, 0.3) is 0 Å². The summed E-state index contributed by atoms with van der Waals surface area (Å²) in [5.41, 5.74) is 0.717. The van der Waals surface area contributed by atoms with Crippen LogP contribution in [0.4, 0.5) is 0 Å². The number of aromatic nitrogens is 1. The summed E-state index contributed by atoms with van der Waals surface area (Å²) >= 11 is 0. The number of aromatic hydroxyl groups is 1. The van der Waals surface area contributed by atoms with Crippen molar-refractivity contribution < 1.29 is 5.11 Å². The SMILES string of the molecule is CCC(C)n1cc(O)c(=O)cc1CN1CCN(CC)CC1. The smallest absolute Gasteiger partial charge is 0.223 e. The Hall–Kier alpha value is -1.33. The summed E-state index contributed by atoms with van der Waals surface area (Å²) in [4.78, 5) is 16.6. The van der Waals surface area contributed by atoms with Gasteiger partial charge in [-0.25, -0.2) is 0 Å². The highest BCUT2D eigenvalue weighted by atomic mass is 16.3. The molecule has 0 spiro atoms. The van der Waals surface area contributed by atoms with Gasteiger partial charge in [0.1, 0.15) is 0 Å². The third kappa shape index (κ3) is 3.86. The van der Waals surface area contributed by atoms with Crippen LogP contribution in [0.3, 0.4) is 0 Å². The molecule has 0 amide bonds. The van der Waals surface area contributed by atoms with Gasteiger partial charge in [-0.3, -0.25) is 9.69 Å². The lowest BCUT2D eigenvalue weighted by Gasteiger charge is -2.34. The molecule has 21 heavy (non-hydrogen) atoms. The number of hydrogen-bond acceptors (Lipinski definition) is 4. The van der Waals surface area contributed by atoms with E-state index in [1.165, 1.54) is 0 Å². The number of piperazine rings is 1. The summed E-state index contributed by atoms with van der Waals surface area (Å²) in [6.45, 7) is 12.5. The maximum absolute atomic E-state index is 11.8. The molecule has 1 saturated heterocycles. The van der Waals surface area contributed by atoms with E-state index in [4.69, 9.17) is 0 Å². The minimum atomic E-state index is -0.281. The first-order chi connectivity index (χ1) is 10.0. The normalized spacial score (nSPS) is 18.8. The van der Waals surface area contributed by atoms with Crippen LogP contribution in [0, 0.1) is 0 Å². The Morgan fingerprint density at radius 2 is 1.81 bits per heavy atom. The van der Waals surface area contributed by atoms with Crippen LogP contribution in [-0.2, 0) is 6.54 Å². The fourth-order valence-electron chi connectivity index (χ4n) is 2.81. The summed E-state index contributed by atoms with van der Waals surface area (Å²) in [5, 5.41) is 9.69. The zero-order valence-corrected chi connectivity index (χ0v) is 13.4. The van der Waals surface area contributed by atoms with Crippen LogP contribution in [-0.4, -0.2) is 52.2 Å². The molecule has 118 valence electrons. The first-order valence-corrected chi connectivity index (χ1v) is 7.93. The Kier molecular flexibility index (Phi) is 5.42. The average molecular weight is 293 g/mol. The fraction of sp³-hybridized carbons (Fsp3) is 0.688. The van der Waals surface area contributed by atoms with E-state index in [0.29, 0.717) is 0 Å². The lowest BCUT2D eigenvalue weighted by molar-refractivity contribution is 0.129. The van der Waals surface area contributed by atoms with Gasteiger partial charge in [-0.2, -0.15) is 0 Å². The van der Waals surface area contributed by atoms with E-state index in [1.807, 2.05) is 4.57 Å². The van der Waals surface area contributed by atoms with E-state index in [2.05, 4.69) is 30.6 Å². The molecular formula is C16H27N3O2. The third-order valence-corrected chi connectivity index (χ3v) is 4.51. The van der Waals surface area contributed by atoms with Crippen molar-refractivity contribution in [1.29, 1.82) is 0 Å². The second-order valence-corrected chi connectivity index (χ2v) is 5.89. The van der Waals surface area contributed by atoms with Crippen molar-refractivity contribution in [3.63, 3.8) is 0 Å². The molecular weight excluding hydrogens is 266 g/mol. The lowest BCUT2D eigenvalue weighted by Crippen LogP contribution is -2.46. The second-order valence-electron chi connectivity index (χ2n) is 5.89. The molecule has 0 aliphatic carbocycles. The highest BCUT2D eigenvalue weighted by Crippen LogP contribution is 2.17. The van der Waals surface area contributed by atoms with Crippen molar-refractivity contribution in [2.24, 2.45) is 0 Å². The van der Waals surface area contributed by atoms with Crippen molar-refractivity contribution in [3.05, 3.63) is 28.2 Å². The molecule has 1 aromatic rings. The molecule has 5 nitrogen and oxygen atoms in total. The van der Waals surface area contributed by atoms with Crippen LogP contribution < -0.4 is 5.43 Å². The molecule has 1 fully saturated rings. The molecule has 1 unspecified atom stereocenters. The van der Waals surface area contributed by atoms with Crippen molar-refractivity contribution in [1.82, 2.24) is 14.4 Å². The Bertz CT molecular complexity index is 519. The largest absolute Gasteiger partial charge is 0.503 e. The number of nitrogens with zero attached hydrogens (tertiary/aromatic N) is 3. The van der Waals surface area contributed by atoms with Crippen LogP contribution in [0.2, 0.25) is 0 Å². The Morgan fingerprint density at radius 3 is 2.38 bits per heavy atom. The zero-order chi connectivity index (χ0) is 15.4. The fourth-order valence-corrected chi connectivity index (χ4v) is 2.81. The van der Waals surface area contributed by atoms with Gasteiger partial charge in [0.2, 0.25) is 5.43 Å². The molecule has 2 rings (SSSR count). The third-order valence-electron chi connectivity index (χ3n) is 4.51. The van der Waals surface area contributed by atoms with Gasteiger partial charge < -0.3 is 14.6 Å². The molecule has 0 saturated carbocycles. The number of rotatable bonds is 5. The van der Waals surface area contributed by atoms with Crippen LogP contribution in [0.25, 0.3) is 0 Å². The minimum Gasteiger partial charge on any atom is -0.503 e. The molecule has 1 atom stereocenters. The molecule has 5 heteroatoms. The molecule has 0 bridgehead atoms. The van der Waals surface area contributed by atoms with Crippen molar-refractivity contribution in [2.75, 3.05) is 32.7 Å². The molecule has 1 aliphatic rings. The number of pyridine rings is 1. The molecule has 1 aromatic heterocycles. The summed E-state index contributed by atoms with van der Waals surface area (Å²) in [6.07, 6.45) is 2.56. The topological polar surface area (TPSA) is 48.7 Å². The molecule has 2 heterocycles. The average Bonchev–Trinajstić information content (AvgIpc) is 2.50. The first-order valence-electron chi connectivity index (χ1n) is 7.93. The maximum Gasteiger partial charge on any atom is 0.223 e. The van der Waals surface area contributed by atoms with E-state index in [-0.39, 0.29) is 17.2 Å². The van der Waals surface area contributed by atoms with Crippen LogP contribution in [0.15, 0.2) is 17.1 Å². The van der Waals surface area contributed by atoms with Gasteiger partial charge in [0.15, 0.2) is 5.75 Å². The minimum absolute atomic E-state index is 0.158. The Morgan fingerprint density at radius 1 is 1.19 bits per heavy atom. The maximum atomic E-state index is 11.8. The van der Waals surface area contributed by atoms with Gasteiger partial charge in [-0.15, -0.1) is 0 Å². The summed E-state index contributed by atoms with van der Waals surface area (Å²) in [6, 6.07) is 1.87. The van der Waals surface area contributed by atoms with E-state index in [0.717, 1.165) is 51.4 Å². The summed E-state index contributed by atoms with van der Waals surface area (Å²) in [7, 11) is 0. The molecule has 1 aliphatic heterocycles. The van der Waals surface area contributed by atoms with Gasteiger partial charge >= 0.3 is 0 Å². The molecule has 0 radical (unpaired) electrons. The van der Waals surface area contributed by atoms with Gasteiger partial charge in [-0.1, -0.05) is 13.8 Å². The highest BCUT2D eigenvalue weighted by Gasteiger charge is 2.18. The first kappa shape index (κ1) is 16.0. The second kappa shape index (κ2) is 7.09. The van der Waals surface area contributed by atoms with Crippen molar-refractivity contribution in [3.8, 4) is 5.75 Å². The molecule has 0 aromatic carbocycles. The van der Waals surface area contributed by atoms with Gasteiger partial charge in [0.05, 0.1) is 6.20 Å². The van der Waals surface area contributed by atoms with E-state index in [9.17, 15) is 9.90 Å². The van der Waals surface area contributed by atoms with Crippen molar-refractivity contribution in [2.45, 2.75) is 39.8 Å². The lowest BCUT2D eigenvalue weighted by atomic mass is 10.2. The van der Waals surface area contributed by atoms with E-state index < -0.39 is 0 Å². The summed E-state index contributed by atoms with van der Waals surface area (Å²) < 4.78 is 2.04. The standard InChI is InChI=1S/C16H27N3O2/c1-4-13(3)19-12-16(21)15(20)10-14(19)11-18-8-6-17(5-2)7-9-18/h10,12-13,21H,4-9,11H2,1-3H3. The van der Waals surface area contributed by atoms with E-state index >= 15 is 0 Å². The number of likely N-dealkylation sites (N-methyl/N-ethyl adjacent to an activating group) is 1. The quantitative estimate of drug-likeness (QED) is 0.897. The summed E-state index contributed by atoms with van der Waals surface area (Å²) in [5.74, 6) is -0.158. The number of hydrogen-bond donors (Lipinski definition) is 1. The van der Waals surface area contributed by atoms with Gasteiger partial charge in [0, 0.05) is 50.5 Å². The van der Waals surface area contributed by atoms with Crippen LogP contribution in [0.5, 0.6) is 5.75 Å². The van der Waals surface area contributed by atoms with Crippen LogP contribution in [0.1, 0.15) is 38.9 Å². The zero-order valence-electron chi connectivity index (χ0n) is 13.4. The highest BCUT2D eigenvalue weighted by molar-refractivity contribution is 5.21.